The lowest BCUT2D eigenvalue weighted by atomic mass is 10.2. The molecular weight excluding hydrogens is 252 g/mol. The molecular formula is C14H18N6. The van der Waals surface area contributed by atoms with Crippen molar-refractivity contribution in [2.45, 2.75) is 6.92 Å². The first-order chi connectivity index (χ1) is 9.52. The van der Waals surface area contributed by atoms with Crippen LogP contribution < -0.4 is 10.2 Å². The number of anilines is 2. The van der Waals surface area contributed by atoms with Crippen LogP contribution in [-0.2, 0) is 7.05 Å². The molecule has 0 fully saturated rings. The molecule has 0 atom stereocenters. The summed E-state index contributed by atoms with van der Waals surface area (Å²) in [5.74, 6) is 1.54. The van der Waals surface area contributed by atoms with Gasteiger partial charge < -0.3 is 14.8 Å². The van der Waals surface area contributed by atoms with Gasteiger partial charge in [-0.25, -0.2) is 15.0 Å². The molecule has 0 spiro atoms. The van der Waals surface area contributed by atoms with Gasteiger partial charge in [-0.05, 0) is 18.6 Å². The summed E-state index contributed by atoms with van der Waals surface area (Å²) in [6.07, 6.45) is 0. The van der Waals surface area contributed by atoms with Gasteiger partial charge in [0.25, 0.3) is 0 Å². The van der Waals surface area contributed by atoms with Crippen LogP contribution in [0.25, 0.3) is 22.4 Å². The first-order valence-corrected chi connectivity index (χ1v) is 6.51. The largest absolute Gasteiger partial charge is 0.359 e. The maximum atomic E-state index is 4.66. The van der Waals surface area contributed by atoms with Crippen molar-refractivity contribution in [3.63, 3.8) is 0 Å². The third-order valence-electron chi connectivity index (χ3n) is 3.48. The molecule has 0 aromatic carbocycles. The van der Waals surface area contributed by atoms with E-state index in [1.54, 1.807) is 0 Å². The molecule has 2 aliphatic rings. The van der Waals surface area contributed by atoms with Crippen LogP contribution in [0.3, 0.4) is 0 Å². The lowest BCUT2D eigenvalue weighted by Crippen LogP contribution is -2.09. The van der Waals surface area contributed by atoms with Gasteiger partial charge in [-0.15, -0.1) is 0 Å². The molecule has 3 rings (SSSR count). The molecule has 104 valence electrons. The van der Waals surface area contributed by atoms with E-state index in [0.717, 1.165) is 39.9 Å². The standard InChI is InChI=1S/C14H18N6/c1-8-6-7-9-11(18-14(16-9)19(3)4)12-10(8)17-13(15-2)20(12)5/h6-7H,1-5H3,(H,15,17). The van der Waals surface area contributed by atoms with Gasteiger partial charge in [0.05, 0.1) is 16.7 Å². The molecule has 0 unspecified atom stereocenters. The molecule has 1 N–H and O–H groups in total. The van der Waals surface area contributed by atoms with Gasteiger partial charge in [0, 0.05) is 28.2 Å². The van der Waals surface area contributed by atoms with E-state index < -0.39 is 0 Å². The molecule has 0 saturated carbocycles. The number of rotatable bonds is 2. The van der Waals surface area contributed by atoms with Crippen LogP contribution >= 0.6 is 0 Å². The summed E-state index contributed by atoms with van der Waals surface area (Å²) >= 11 is 0. The molecule has 2 heterocycles. The zero-order chi connectivity index (χ0) is 14.4. The van der Waals surface area contributed by atoms with Crippen LogP contribution in [0.5, 0.6) is 0 Å². The van der Waals surface area contributed by atoms with E-state index in [-0.39, 0.29) is 0 Å². The van der Waals surface area contributed by atoms with E-state index >= 15 is 0 Å². The molecule has 0 bridgehead atoms. The Bertz CT molecular complexity index is 758. The molecule has 20 heavy (non-hydrogen) atoms. The Balaban J connectivity index is 2.45. The van der Waals surface area contributed by atoms with E-state index in [0.29, 0.717) is 0 Å². The fourth-order valence-electron chi connectivity index (χ4n) is 2.38. The van der Waals surface area contributed by atoms with Crippen molar-refractivity contribution >= 4 is 22.9 Å². The van der Waals surface area contributed by atoms with E-state index in [1.165, 1.54) is 0 Å². The number of hydrogen-bond donors (Lipinski definition) is 1. The topological polar surface area (TPSA) is 58.9 Å². The summed E-state index contributed by atoms with van der Waals surface area (Å²) < 4.78 is 2.03. The van der Waals surface area contributed by atoms with Gasteiger partial charge in [-0.2, -0.15) is 0 Å². The summed E-state index contributed by atoms with van der Waals surface area (Å²) in [6, 6.07) is 4.05. The minimum absolute atomic E-state index is 0.720. The second-order valence-electron chi connectivity index (χ2n) is 5.11. The highest BCUT2D eigenvalue weighted by atomic mass is 15.2. The Morgan fingerprint density at radius 2 is 1.90 bits per heavy atom. The van der Waals surface area contributed by atoms with Crippen molar-refractivity contribution in [1.82, 2.24) is 19.5 Å². The quantitative estimate of drug-likeness (QED) is 0.770. The predicted octanol–water partition coefficient (Wildman–Crippen LogP) is 1.88. The van der Waals surface area contributed by atoms with Crippen molar-refractivity contribution < 1.29 is 0 Å². The number of aromatic nitrogens is 4. The molecule has 6 heteroatoms. The Kier molecular flexibility index (Phi) is 2.74. The number of imidazole rings is 2. The number of hydrogen-bond acceptors (Lipinski definition) is 5. The first kappa shape index (κ1) is 12.7. The van der Waals surface area contributed by atoms with E-state index in [1.807, 2.05) is 49.8 Å². The lowest BCUT2D eigenvalue weighted by Gasteiger charge is -2.04. The third-order valence-corrected chi connectivity index (χ3v) is 3.48. The van der Waals surface area contributed by atoms with E-state index in [2.05, 4.69) is 27.2 Å². The summed E-state index contributed by atoms with van der Waals surface area (Å²) in [5, 5.41) is 3.11. The second kappa shape index (κ2) is 4.33. The summed E-state index contributed by atoms with van der Waals surface area (Å²) in [6.45, 7) is 2.06. The molecule has 1 aliphatic heterocycles. The lowest BCUT2D eigenvalue weighted by molar-refractivity contribution is 0.951. The maximum Gasteiger partial charge on any atom is 0.226 e. The SMILES string of the molecule is CNc1nc2c(C)ccc3nc(N(C)C)nc-3c2n1C. The van der Waals surface area contributed by atoms with Gasteiger partial charge in [-0.3, -0.25) is 0 Å². The Morgan fingerprint density at radius 3 is 2.55 bits per heavy atom. The average molecular weight is 270 g/mol. The summed E-state index contributed by atoms with van der Waals surface area (Å²) in [5.41, 5.74) is 4.85. The van der Waals surface area contributed by atoms with Crippen molar-refractivity contribution in [2.75, 3.05) is 31.4 Å². The smallest absolute Gasteiger partial charge is 0.226 e. The normalized spacial score (nSPS) is 11.2. The first-order valence-electron chi connectivity index (χ1n) is 6.51. The summed E-state index contributed by atoms with van der Waals surface area (Å²) in [4.78, 5) is 15.8. The molecule has 1 aromatic rings. The monoisotopic (exact) mass is 270 g/mol. The van der Waals surface area contributed by atoms with Gasteiger partial charge in [0.2, 0.25) is 11.9 Å². The van der Waals surface area contributed by atoms with Crippen molar-refractivity contribution in [2.24, 2.45) is 7.05 Å². The van der Waals surface area contributed by atoms with Crippen molar-refractivity contribution in [3.05, 3.63) is 17.7 Å². The zero-order valence-corrected chi connectivity index (χ0v) is 12.4. The van der Waals surface area contributed by atoms with Gasteiger partial charge in [-0.1, -0.05) is 6.07 Å². The number of nitrogens with zero attached hydrogens (tertiary/aromatic N) is 5. The zero-order valence-electron chi connectivity index (χ0n) is 12.4. The summed E-state index contributed by atoms with van der Waals surface area (Å²) in [7, 11) is 7.75. The van der Waals surface area contributed by atoms with Gasteiger partial charge in [0.15, 0.2) is 0 Å². The molecule has 0 radical (unpaired) electrons. The molecule has 1 aliphatic carbocycles. The molecule has 0 saturated heterocycles. The average Bonchev–Trinajstić information content (AvgIpc) is 2.93. The predicted molar refractivity (Wildman–Crippen MR) is 81.5 cm³/mol. The van der Waals surface area contributed by atoms with E-state index in [9.17, 15) is 0 Å². The molecule has 0 amide bonds. The third kappa shape index (κ3) is 1.68. The maximum absolute atomic E-state index is 4.66. The number of nitrogens with one attached hydrogen (secondary N) is 1. The Morgan fingerprint density at radius 1 is 1.15 bits per heavy atom. The fourth-order valence-corrected chi connectivity index (χ4v) is 2.38. The van der Waals surface area contributed by atoms with E-state index in [4.69, 9.17) is 0 Å². The van der Waals surface area contributed by atoms with Crippen LogP contribution in [-0.4, -0.2) is 40.7 Å². The molecule has 6 nitrogen and oxygen atoms in total. The highest BCUT2D eigenvalue weighted by Crippen LogP contribution is 2.32. The van der Waals surface area contributed by atoms with Gasteiger partial charge in [0.1, 0.15) is 5.69 Å². The van der Waals surface area contributed by atoms with Crippen LogP contribution in [0.1, 0.15) is 5.56 Å². The van der Waals surface area contributed by atoms with Crippen LogP contribution in [0.15, 0.2) is 12.1 Å². The Labute approximate surface area is 117 Å². The number of fused-ring (bicyclic) bond motifs is 3. The second-order valence-corrected chi connectivity index (χ2v) is 5.11. The molecule has 1 aromatic heterocycles. The van der Waals surface area contributed by atoms with Crippen molar-refractivity contribution in [3.8, 4) is 11.4 Å². The Hall–Kier alpha value is -2.37. The minimum atomic E-state index is 0.720. The van der Waals surface area contributed by atoms with Crippen LogP contribution in [0.2, 0.25) is 0 Å². The minimum Gasteiger partial charge on any atom is -0.359 e. The number of aryl methyl sites for hydroxylation is 2. The highest BCUT2D eigenvalue weighted by molar-refractivity contribution is 5.93. The highest BCUT2D eigenvalue weighted by Gasteiger charge is 2.19. The van der Waals surface area contributed by atoms with Gasteiger partial charge >= 0.3 is 0 Å². The van der Waals surface area contributed by atoms with Crippen LogP contribution in [0, 0.1) is 6.92 Å². The van der Waals surface area contributed by atoms with Crippen molar-refractivity contribution in [1.29, 1.82) is 0 Å². The van der Waals surface area contributed by atoms with Crippen LogP contribution in [0.4, 0.5) is 11.9 Å². The fraction of sp³-hybridized carbons (Fsp3) is 0.357.